The molecule has 0 fully saturated rings. The molecule has 0 aliphatic rings. The van der Waals surface area contributed by atoms with E-state index in [0.29, 0.717) is 0 Å². The Bertz CT molecular complexity index is 489. The molecular formula is C14H14N2S3. The van der Waals surface area contributed by atoms with Crippen LogP contribution >= 0.6 is 31.4 Å². The maximum atomic E-state index is 4.23. The molecule has 0 bridgehead atoms. The molecule has 0 aliphatic heterocycles. The summed E-state index contributed by atoms with van der Waals surface area (Å²) < 4.78 is 0. The van der Waals surface area contributed by atoms with Gasteiger partial charge in [-0.2, -0.15) is 0 Å². The Morgan fingerprint density at radius 2 is 1.95 bits per heavy atom. The van der Waals surface area contributed by atoms with E-state index in [1.54, 1.807) is 33.0 Å². The van der Waals surface area contributed by atoms with Gasteiger partial charge in [-0.25, -0.2) is 0 Å². The van der Waals surface area contributed by atoms with Crippen LogP contribution in [-0.4, -0.2) is 15.7 Å². The van der Waals surface area contributed by atoms with Crippen molar-refractivity contribution in [3.8, 4) is 0 Å². The molecule has 5 heteroatoms. The van der Waals surface area contributed by atoms with E-state index in [-0.39, 0.29) is 0 Å². The summed E-state index contributed by atoms with van der Waals surface area (Å²) in [5.74, 6) is 1.90. The minimum Gasteiger partial charge on any atom is -0.261 e. The van der Waals surface area contributed by atoms with Crippen LogP contribution in [0.3, 0.4) is 0 Å². The topological polar surface area (TPSA) is 25.8 Å². The van der Waals surface area contributed by atoms with Gasteiger partial charge in [0, 0.05) is 30.1 Å². The first-order chi connectivity index (χ1) is 9.45. The Hall–Kier alpha value is -0.910. The molecule has 2 aromatic rings. The van der Waals surface area contributed by atoms with Crippen molar-refractivity contribution in [1.82, 2.24) is 9.97 Å². The van der Waals surface area contributed by atoms with Gasteiger partial charge in [0.05, 0.1) is 5.69 Å². The molecule has 1 aromatic carbocycles. The van der Waals surface area contributed by atoms with Gasteiger partial charge in [-0.15, -0.1) is 0 Å². The number of aromatic nitrogens is 2. The fraction of sp³-hybridized carbons (Fsp3) is 0.143. The fourth-order valence-electron chi connectivity index (χ4n) is 1.34. The molecule has 0 aliphatic carbocycles. The summed E-state index contributed by atoms with van der Waals surface area (Å²) in [5, 5.41) is 0. The van der Waals surface area contributed by atoms with Crippen molar-refractivity contribution in [1.29, 1.82) is 0 Å². The second kappa shape index (κ2) is 9.07. The quantitative estimate of drug-likeness (QED) is 0.544. The lowest BCUT2D eigenvalue weighted by molar-refractivity contribution is 1.10. The van der Waals surface area contributed by atoms with Gasteiger partial charge in [0.1, 0.15) is 0 Å². The van der Waals surface area contributed by atoms with Gasteiger partial charge < -0.3 is 0 Å². The van der Waals surface area contributed by atoms with Gasteiger partial charge in [-0.1, -0.05) is 64.1 Å². The second-order valence-electron chi connectivity index (χ2n) is 3.62. The molecule has 0 radical (unpaired) electrons. The molecule has 0 saturated heterocycles. The van der Waals surface area contributed by atoms with Crippen molar-refractivity contribution < 1.29 is 0 Å². The van der Waals surface area contributed by atoms with Crippen molar-refractivity contribution >= 4 is 37.5 Å². The van der Waals surface area contributed by atoms with Crippen molar-refractivity contribution in [3.63, 3.8) is 0 Å². The monoisotopic (exact) mass is 306 g/mol. The molecule has 1 aromatic heterocycles. The van der Waals surface area contributed by atoms with E-state index in [0.717, 1.165) is 17.2 Å². The van der Waals surface area contributed by atoms with E-state index in [9.17, 15) is 0 Å². The molecule has 0 spiro atoms. The maximum Gasteiger partial charge on any atom is 0.0694 e. The zero-order chi connectivity index (χ0) is 13.2. The number of hydrogen-bond acceptors (Lipinski definition) is 5. The molecule has 98 valence electrons. The smallest absolute Gasteiger partial charge is 0.0694 e. The summed E-state index contributed by atoms with van der Waals surface area (Å²) in [6.07, 6.45) is 9.59. The van der Waals surface area contributed by atoms with E-state index in [1.807, 2.05) is 23.1 Å². The van der Waals surface area contributed by atoms with E-state index in [2.05, 4.69) is 46.4 Å². The molecule has 0 N–H and O–H groups in total. The Balaban J connectivity index is 1.56. The molecule has 0 atom stereocenters. The van der Waals surface area contributed by atoms with Crippen LogP contribution in [-0.2, 0) is 5.75 Å². The van der Waals surface area contributed by atoms with E-state index >= 15 is 0 Å². The molecular weight excluding hydrogens is 292 g/mol. The lowest BCUT2D eigenvalue weighted by Crippen LogP contribution is -1.84. The molecule has 0 amide bonds. The van der Waals surface area contributed by atoms with Gasteiger partial charge in [-0.3, -0.25) is 9.97 Å². The molecule has 0 saturated carbocycles. The average Bonchev–Trinajstić information content (AvgIpc) is 2.48. The van der Waals surface area contributed by atoms with Crippen LogP contribution in [0.5, 0.6) is 0 Å². The highest BCUT2D eigenvalue weighted by Crippen LogP contribution is 2.36. The maximum absolute atomic E-state index is 4.23. The second-order valence-corrected chi connectivity index (χ2v) is 7.90. The van der Waals surface area contributed by atoms with Crippen LogP contribution in [0.4, 0.5) is 0 Å². The number of nitrogens with zero attached hydrogens (tertiary/aromatic N) is 2. The Labute approximate surface area is 125 Å². The van der Waals surface area contributed by atoms with Crippen molar-refractivity contribution in [2.45, 2.75) is 5.75 Å². The SMILES string of the molecule is C(=C\c1ccccc1)/CSSSCc1cnccn1. The Morgan fingerprint density at radius 1 is 1.05 bits per heavy atom. The largest absolute Gasteiger partial charge is 0.261 e. The van der Waals surface area contributed by atoms with E-state index in [1.165, 1.54) is 5.56 Å². The first-order valence-corrected chi connectivity index (χ1v) is 9.65. The fourth-order valence-corrected chi connectivity index (χ4v) is 4.61. The summed E-state index contributed by atoms with van der Waals surface area (Å²) >= 11 is 0. The van der Waals surface area contributed by atoms with E-state index in [4.69, 9.17) is 0 Å². The summed E-state index contributed by atoms with van der Waals surface area (Å²) in [4.78, 5) is 8.28. The third-order valence-corrected chi connectivity index (χ3v) is 6.20. The first-order valence-electron chi connectivity index (χ1n) is 5.83. The minimum atomic E-state index is 0.897. The predicted molar refractivity (Wildman–Crippen MR) is 88.9 cm³/mol. The van der Waals surface area contributed by atoms with Gasteiger partial charge in [0.15, 0.2) is 0 Å². The molecule has 19 heavy (non-hydrogen) atoms. The highest BCUT2D eigenvalue weighted by atomic mass is 33.5. The molecule has 2 rings (SSSR count). The normalized spacial score (nSPS) is 10.9. The van der Waals surface area contributed by atoms with Gasteiger partial charge in [-0.05, 0) is 15.4 Å². The summed E-state index contributed by atoms with van der Waals surface area (Å²) in [7, 11) is 5.43. The van der Waals surface area contributed by atoms with E-state index < -0.39 is 0 Å². The average molecular weight is 306 g/mol. The third kappa shape index (κ3) is 6.18. The standard InChI is InChI=1S/C14H14N2S3/c1-2-5-13(6-3-1)7-4-10-17-19-18-12-14-11-15-8-9-16-14/h1-9,11H,10,12H2/b7-4+. The minimum absolute atomic E-state index is 0.897. The van der Waals surface area contributed by atoms with Crippen molar-refractivity contribution in [3.05, 3.63) is 66.3 Å². The Morgan fingerprint density at radius 3 is 2.74 bits per heavy atom. The summed E-state index contributed by atoms with van der Waals surface area (Å²) in [6.45, 7) is 0. The van der Waals surface area contributed by atoms with Crippen LogP contribution in [0.2, 0.25) is 0 Å². The Kier molecular flexibility index (Phi) is 6.92. The van der Waals surface area contributed by atoms with Gasteiger partial charge in [0.25, 0.3) is 0 Å². The summed E-state index contributed by atoms with van der Waals surface area (Å²) in [6, 6.07) is 10.4. The van der Waals surface area contributed by atoms with Gasteiger partial charge >= 0.3 is 0 Å². The van der Waals surface area contributed by atoms with Crippen LogP contribution in [0, 0.1) is 0 Å². The lowest BCUT2D eigenvalue weighted by Gasteiger charge is -1.98. The molecule has 2 nitrogen and oxygen atoms in total. The van der Waals surface area contributed by atoms with Gasteiger partial charge in [0.2, 0.25) is 0 Å². The van der Waals surface area contributed by atoms with Crippen molar-refractivity contribution in [2.75, 3.05) is 5.75 Å². The molecule has 0 unspecified atom stereocenters. The molecule has 1 heterocycles. The van der Waals surface area contributed by atoms with Crippen molar-refractivity contribution in [2.24, 2.45) is 0 Å². The van der Waals surface area contributed by atoms with Crippen LogP contribution in [0.1, 0.15) is 11.3 Å². The zero-order valence-corrected chi connectivity index (χ0v) is 12.8. The lowest BCUT2D eigenvalue weighted by atomic mass is 10.2. The first kappa shape index (κ1) is 14.5. The summed E-state index contributed by atoms with van der Waals surface area (Å²) in [5.41, 5.74) is 2.28. The zero-order valence-electron chi connectivity index (χ0n) is 10.3. The van der Waals surface area contributed by atoms with Crippen LogP contribution in [0.15, 0.2) is 55.0 Å². The van der Waals surface area contributed by atoms with Crippen LogP contribution in [0.25, 0.3) is 6.08 Å². The number of benzene rings is 1. The highest BCUT2D eigenvalue weighted by Gasteiger charge is 1.95. The third-order valence-electron chi connectivity index (χ3n) is 2.19. The number of hydrogen-bond donors (Lipinski definition) is 0. The highest BCUT2D eigenvalue weighted by molar-refractivity contribution is 9.09. The number of rotatable bonds is 7. The van der Waals surface area contributed by atoms with Crippen LogP contribution < -0.4 is 0 Å². The predicted octanol–water partition coefficient (Wildman–Crippen LogP) is 4.72.